The summed E-state index contributed by atoms with van der Waals surface area (Å²) in [5, 5.41) is 19.9. The van der Waals surface area contributed by atoms with E-state index in [1.165, 1.54) is 18.2 Å². The minimum absolute atomic E-state index is 0.00619. The average molecular weight is 286 g/mol. The highest BCUT2D eigenvalue weighted by molar-refractivity contribution is 5.51. The first-order valence-corrected chi connectivity index (χ1v) is 6.19. The molecule has 2 rings (SSSR count). The molecule has 5 nitrogen and oxygen atoms in total. The van der Waals surface area contributed by atoms with Gasteiger partial charge in [0.05, 0.1) is 16.6 Å². The Morgan fingerprint density at radius 2 is 2.10 bits per heavy atom. The Balaban J connectivity index is 2.42. The Hall–Kier alpha value is -2.94. The van der Waals surface area contributed by atoms with Crippen molar-refractivity contribution in [2.75, 3.05) is 0 Å². The fourth-order valence-corrected chi connectivity index (χ4v) is 1.83. The third-order valence-corrected chi connectivity index (χ3v) is 2.86. The molecule has 0 fully saturated rings. The molecule has 0 radical (unpaired) electrons. The summed E-state index contributed by atoms with van der Waals surface area (Å²) in [6.07, 6.45) is 0.652. The fourth-order valence-electron chi connectivity index (χ4n) is 1.83. The Labute approximate surface area is 120 Å². The smallest absolute Gasteiger partial charge is 0.311 e. The number of nitrogens with zero attached hydrogens (tertiary/aromatic N) is 2. The van der Waals surface area contributed by atoms with Gasteiger partial charge in [-0.2, -0.15) is 5.26 Å². The highest BCUT2D eigenvalue weighted by atomic mass is 19.1. The van der Waals surface area contributed by atoms with Gasteiger partial charge in [0.25, 0.3) is 0 Å². The molecule has 106 valence electrons. The molecule has 0 N–H and O–H groups in total. The van der Waals surface area contributed by atoms with E-state index < -0.39 is 10.7 Å². The van der Waals surface area contributed by atoms with E-state index >= 15 is 0 Å². The first kappa shape index (κ1) is 14.5. The van der Waals surface area contributed by atoms with Gasteiger partial charge in [0.1, 0.15) is 11.6 Å². The molecule has 0 aliphatic carbocycles. The Bertz CT molecular complexity index is 738. The van der Waals surface area contributed by atoms with E-state index in [1.54, 1.807) is 12.1 Å². The molecule has 2 aromatic carbocycles. The number of hydrogen-bond donors (Lipinski definition) is 0. The van der Waals surface area contributed by atoms with E-state index in [4.69, 9.17) is 10.00 Å². The van der Waals surface area contributed by atoms with Crippen LogP contribution in [0.3, 0.4) is 0 Å². The predicted octanol–water partition coefficient (Wildman–Crippen LogP) is 3.96. The van der Waals surface area contributed by atoms with Crippen LogP contribution in [0.2, 0.25) is 0 Å². The molecule has 0 spiro atoms. The number of nitro benzene ring substituents is 1. The lowest BCUT2D eigenvalue weighted by atomic mass is 10.1. The summed E-state index contributed by atoms with van der Waals surface area (Å²) in [6, 6.07) is 9.82. The second kappa shape index (κ2) is 6.01. The Morgan fingerprint density at radius 1 is 1.33 bits per heavy atom. The predicted molar refractivity (Wildman–Crippen MR) is 73.7 cm³/mol. The molecule has 0 aliphatic rings. The van der Waals surface area contributed by atoms with E-state index in [-0.39, 0.29) is 22.7 Å². The van der Waals surface area contributed by atoms with E-state index in [0.717, 1.165) is 17.7 Å². The van der Waals surface area contributed by atoms with Gasteiger partial charge in [-0.15, -0.1) is 0 Å². The summed E-state index contributed by atoms with van der Waals surface area (Å²) in [6.45, 7) is 1.88. The highest BCUT2D eigenvalue weighted by Crippen LogP contribution is 2.32. The SMILES string of the molecule is CCc1ccc(Oc2cc(F)cc(C#N)c2)c([N+](=O)[O-])c1. The van der Waals surface area contributed by atoms with Crippen molar-refractivity contribution in [2.45, 2.75) is 13.3 Å². The van der Waals surface area contributed by atoms with Gasteiger partial charge >= 0.3 is 5.69 Å². The maximum atomic E-state index is 13.3. The zero-order valence-corrected chi connectivity index (χ0v) is 11.2. The molecule has 6 heteroatoms. The van der Waals surface area contributed by atoms with Crippen LogP contribution in [0.15, 0.2) is 36.4 Å². The normalized spacial score (nSPS) is 9.95. The molecule has 0 aliphatic heterocycles. The molecule has 0 amide bonds. The molecule has 0 aromatic heterocycles. The summed E-state index contributed by atoms with van der Waals surface area (Å²) in [5.74, 6) is -0.595. The number of nitro groups is 1. The van der Waals surface area contributed by atoms with Crippen LogP contribution in [0.5, 0.6) is 11.5 Å². The summed E-state index contributed by atoms with van der Waals surface area (Å²) < 4.78 is 18.7. The third kappa shape index (κ3) is 3.34. The van der Waals surface area contributed by atoms with Gasteiger partial charge in [-0.1, -0.05) is 13.0 Å². The van der Waals surface area contributed by atoms with Crippen molar-refractivity contribution in [3.05, 3.63) is 63.5 Å². The maximum Gasteiger partial charge on any atom is 0.311 e. The zero-order chi connectivity index (χ0) is 15.4. The van der Waals surface area contributed by atoms with E-state index in [0.29, 0.717) is 6.42 Å². The molecular formula is C15H11FN2O3. The average Bonchev–Trinajstić information content (AvgIpc) is 2.46. The number of halogens is 1. The largest absolute Gasteiger partial charge is 0.450 e. The van der Waals surface area contributed by atoms with E-state index in [9.17, 15) is 14.5 Å². The topological polar surface area (TPSA) is 76.2 Å². The van der Waals surface area contributed by atoms with Gasteiger partial charge < -0.3 is 4.74 Å². The molecule has 0 saturated carbocycles. The lowest BCUT2D eigenvalue weighted by Crippen LogP contribution is -1.95. The first-order valence-electron chi connectivity index (χ1n) is 6.19. The van der Waals surface area contributed by atoms with Crippen LogP contribution >= 0.6 is 0 Å². The van der Waals surface area contributed by atoms with Crippen molar-refractivity contribution in [1.82, 2.24) is 0 Å². The number of hydrogen-bond acceptors (Lipinski definition) is 4. The van der Waals surface area contributed by atoms with Crippen molar-refractivity contribution < 1.29 is 14.1 Å². The molecule has 21 heavy (non-hydrogen) atoms. The molecule has 0 saturated heterocycles. The van der Waals surface area contributed by atoms with Crippen LogP contribution in [0.1, 0.15) is 18.1 Å². The standard InChI is InChI=1S/C15H11FN2O3/c1-2-10-3-4-15(14(7-10)18(19)20)21-13-6-11(9-17)5-12(16)8-13/h3-8H,2H2,1H3. The van der Waals surface area contributed by atoms with Gasteiger partial charge in [-0.25, -0.2) is 4.39 Å². The van der Waals surface area contributed by atoms with Crippen molar-refractivity contribution in [1.29, 1.82) is 5.26 Å². The summed E-state index contributed by atoms with van der Waals surface area (Å²) in [7, 11) is 0. The van der Waals surface area contributed by atoms with Gasteiger partial charge in [0.15, 0.2) is 0 Å². The van der Waals surface area contributed by atoms with Crippen molar-refractivity contribution in [3.63, 3.8) is 0 Å². The third-order valence-electron chi connectivity index (χ3n) is 2.86. The van der Waals surface area contributed by atoms with Crippen molar-refractivity contribution in [3.8, 4) is 17.6 Å². The van der Waals surface area contributed by atoms with E-state index in [1.807, 2.05) is 6.92 Å². The zero-order valence-electron chi connectivity index (χ0n) is 11.2. The molecule has 0 unspecified atom stereocenters. The van der Waals surface area contributed by atoms with Crippen LogP contribution in [-0.4, -0.2) is 4.92 Å². The number of aryl methyl sites for hydroxylation is 1. The summed E-state index contributed by atoms with van der Waals surface area (Å²) >= 11 is 0. The minimum Gasteiger partial charge on any atom is -0.450 e. The van der Waals surface area contributed by atoms with Gasteiger partial charge in [-0.05, 0) is 30.2 Å². The van der Waals surface area contributed by atoms with Gasteiger partial charge in [0.2, 0.25) is 5.75 Å². The van der Waals surface area contributed by atoms with Crippen LogP contribution in [0.4, 0.5) is 10.1 Å². The van der Waals surface area contributed by atoms with Gasteiger partial charge in [-0.3, -0.25) is 10.1 Å². The molecule has 0 heterocycles. The summed E-state index contributed by atoms with van der Waals surface area (Å²) in [5.41, 5.74) is 0.681. The number of ether oxygens (including phenoxy) is 1. The van der Waals surface area contributed by atoms with Crippen molar-refractivity contribution in [2.24, 2.45) is 0 Å². The van der Waals surface area contributed by atoms with Crippen LogP contribution < -0.4 is 4.74 Å². The molecule has 2 aromatic rings. The van der Waals surface area contributed by atoms with Crippen LogP contribution in [0, 0.1) is 27.3 Å². The lowest BCUT2D eigenvalue weighted by Gasteiger charge is -2.08. The monoisotopic (exact) mass is 286 g/mol. The molecule has 0 bridgehead atoms. The van der Waals surface area contributed by atoms with Crippen LogP contribution in [-0.2, 0) is 6.42 Å². The number of rotatable bonds is 4. The highest BCUT2D eigenvalue weighted by Gasteiger charge is 2.17. The second-order valence-corrected chi connectivity index (χ2v) is 4.30. The molecule has 0 atom stereocenters. The second-order valence-electron chi connectivity index (χ2n) is 4.30. The Kier molecular flexibility index (Phi) is 4.14. The lowest BCUT2D eigenvalue weighted by molar-refractivity contribution is -0.385. The van der Waals surface area contributed by atoms with E-state index in [2.05, 4.69) is 0 Å². The fraction of sp³-hybridized carbons (Fsp3) is 0.133. The Morgan fingerprint density at radius 3 is 2.71 bits per heavy atom. The number of nitriles is 1. The van der Waals surface area contributed by atoms with Gasteiger partial charge in [0, 0.05) is 12.1 Å². The number of benzene rings is 2. The van der Waals surface area contributed by atoms with Crippen molar-refractivity contribution >= 4 is 5.69 Å². The minimum atomic E-state index is -0.642. The molecular weight excluding hydrogens is 275 g/mol. The first-order chi connectivity index (χ1) is 10.0. The quantitative estimate of drug-likeness (QED) is 0.629. The van der Waals surface area contributed by atoms with Crippen LogP contribution in [0.25, 0.3) is 0 Å². The maximum absolute atomic E-state index is 13.3. The summed E-state index contributed by atoms with van der Waals surface area (Å²) in [4.78, 5) is 10.5.